The maximum atomic E-state index is 11.9. The molecule has 7 nitrogen and oxygen atoms in total. The molecule has 0 aliphatic rings. The molecule has 7 heteroatoms. The lowest BCUT2D eigenvalue weighted by Crippen LogP contribution is -2.31. The highest BCUT2D eigenvalue weighted by molar-refractivity contribution is 6.00. The molecule has 0 unspecified atom stereocenters. The van der Waals surface area contributed by atoms with Crippen molar-refractivity contribution < 1.29 is 32.9 Å². The van der Waals surface area contributed by atoms with Crippen LogP contribution in [0.3, 0.4) is 0 Å². The molecule has 2 aromatic heterocycles. The number of benzene rings is 2. The zero-order valence-corrected chi connectivity index (χ0v) is 19.1. The maximum absolute atomic E-state index is 11.9. The number of fused-ring (bicyclic) bond motifs is 4. The van der Waals surface area contributed by atoms with Crippen LogP contribution in [-0.2, 0) is 11.2 Å². The first-order valence-corrected chi connectivity index (χ1v) is 10.3. The molecule has 0 aliphatic heterocycles. The number of hydrogen-bond donors (Lipinski definition) is 0. The van der Waals surface area contributed by atoms with Crippen LogP contribution >= 0.6 is 0 Å². The first-order chi connectivity index (χ1) is 15.4. The van der Waals surface area contributed by atoms with Gasteiger partial charge in [0, 0.05) is 24.8 Å². The van der Waals surface area contributed by atoms with E-state index in [2.05, 4.69) is 13.0 Å². The number of aryl methyl sites for hydroxylation is 1. The fourth-order valence-electron chi connectivity index (χ4n) is 4.20. The van der Waals surface area contributed by atoms with E-state index in [0.717, 1.165) is 32.8 Å². The van der Waals surface area contributed by atoms with Crippen LogP contribution in [0.15, 0.2) is 36.4 Å². The van der Waals surface area contributed by atoms with Gasteiger partial charge in [0.15, 0.2) is 28.7 Å². The van der Waals surface area contributed by atoms with Crippen LogP contribution in [0.25, 0.3) is 27.1 Å². The second-order valence-corrected chi connectivity index (χ2v) is 7.33. The lowest BCUT2D eigenvalue weighted by Gasteiger charge is -2.13. The first kappa shape index (κ1) is 21.5. The van der Waals surface area contributed by atoms with Crippen molar-refractivity contribution in [2.24, 2.45) is 0 Å². The van der Waals surface area contributed by atoms with Crippen LogP contribution in [0.2, 0.25) is 0 Å². The first-order valence-electron chi connectivity index (χ1n) is 10.3. The van der Waals surface area contributed by atoms with E-state index >= 15 is 0 Å². The summed E-state index contributed by atoms with van der Waals surface area (Å²) in [5, 5.41) is 3.76. The van der Waals surface area contributed by atoms with Gasteiger partial charge in [-0.25, -0.2) is 0 Å². The van der Waals surface area contributed by atoms with Crippen molar-refractivity contribution in [3.8, 4) is 28.9 Å². The van der Waals surface area contributed by atoms with Gasteiger partial charge in [0.1, 0.15) is 0 Å². The van der Waals surface area contributed by atoms with Crippen LogP contribution in [-0.4, -0.2) is 34.4 Å². The van der Waals surface area contributed by atoms with Crippen molar-refractivity contribution in [2.75, 3.05) is 28.4 Å². The number of hydrogen-bond acceptors (Lipinski definition) is 6. The number of rotatable bonds is 6. The summed E-state index contributed by atoms with van der Waals surface area (Å²) in [5.41, 5.74) is 1.85. The molecule has 4 aromatic rings. The predicted molar refractivity (Wildman–Crippen MR) is 122 cm³/mol. The van der Waals surface area contributed by atoms with Crippen LogP contribution in [0, 0.1) is 0 Å². The minimum atomic E-state index is -0.395. The SMILES string of the molecule is CCc1c2cc(OC)c(OC)cc2cc2c3cc(OC)c(OC)cc3cc(OC(C)=O)[n+]12. The minimum Gasteiger partial charge on any atom is -0.493 e. The Labute approximate surface area is 186 Å². The van der Waals surface area contributed by atoms with Crippen LogP contribution in [0.1, 0.15) is 19.5 Å². The van der Waals surface area contributed by atoms with E-state index in [1.54, 1.807) is 28.4 Å². The van der Waals surface area contributed by atoms with Crippen molar-refractivity contribution >= 4 is 33.0 Å². The number of carbonyl (C=O) groups is 1. The summed E-state index contributed by atoms with van der Waals surface area (Å²) in [6.07, 6.45) is 0.695. The molecule has 166 valence electrons. The Kier molecular flexibility index (Phi) is 5.65. The smallest absolute Gasteiger partial charge is 0.382 e. The summed E-state index contributed by atoms with van der Waals surface area (Å²) < 4.78 is 29.7. The van der Waals surface area contributed by atoms with Crippen LogP contribution in [0.5, 0.6) is 28.9 Å². The standard InChI is InChI=1S/C25H26NO6/c1-7-19-17-12-23(30-5)21(28-3)9-15(17)8-20-18-13-24(31-6)22(29-4)10-16(18)11-25(26(19)20)32-14(2)27/h8-13H,7H2,1-6H3/q+1. The summed E-state index contributed by atoms with van der Waals surface area (Å²) in [4.78, 5) is 11.9. The highest BCUT2D eigenvalue weighted by Gasteiger charge is 2.26. The van der Waals surface area contributed by atoms with Crippen molar-refractivity contribution in [1.29, 1.82) is 0 Å². The van der Waals surface area contributed by atoms with E-state index in [0.29, 0.717) is 35.3 Å². The van der Waals surface area contributed by atoms with Gasteiger partial charge >= 0.3 is 11.8 Å². The monoisotopic (exact) mass is 436 g/mol. The zero-order chi connectivity index (χ0) is 23.0. The van der Waals surface area contributed by atoms with E-state index < -0.39 is 5.97 Å². The molecule has 0 spiro atoms. The number of pyridine rings is 2. The third-order valence-corrected chi connectivity index (χ3v) is 5.58. The predicted octanol–water partition coefficient (Wildman–Crippen LogP) is 4.25. The van der Waals surface area contributed by atoms with Gasteiger partial charge in [0.25, 0.3) is 0 Å². The summed E-state index contributed by atoms with van der Waals surface area (Å²) in [7, 11) is 6.43. The number of esters is 1. The molecular weight excluding hydrogens is 410 g/mol. The van der Waals surface area contributed by atoms with Crippen molar-refractivity contribution in [2.45, 2.75) is 20.3 Å². The largest absolute Gasteiger partial charge is 0.493 e. The van der Waals surface area contributed by atoms with Gasteiger partial charge in [-0.2, -0.15) is 0 Å². The Bertz CT molecular complexity index is 1360. The van der Waals surface area contributed by atoms with Gasteiger partial charge in [0.2, 0.25) is 5.52 Å². The van der Waals surface area contributed by atoms with Crippen LogP contribution < -0.4 is 28.1 Å². The summed E-state index contributed by atoms with van der Waals surface area (Å²) in [6, 6.07) is 11.6. The van der Waals surface area contributed by atoms with E-state index in [1.807, 2.05) is 34.7 Å². The van der Waals surface area contributed by atoms with E-state index in [9.17, 15) is 4.79 Å². The number of carbonyl (C=O) groups excluding carboxylic acids is 1. The summed E-state index contributed by atoms with van der Waals surface area (Å²) >= 11 is 0. The highest BCUT2D eigenvalue weighted by Crippen LogP contribution is 2.38. The lowest BCUT2D eigenvalue weighted by molar-refractivity contribution is -0.526. The van der Waals surface area contributed by atoms with E-state index in [-0.39, 0.29) is 0 Å². The van der Waals surface area contributed by atoms with Gasteiger partial charge in [-0.05, 0) is 29.7 Å². The molecule has 2 aromatic carbocycles. The molecule has 0 N–H and O–H groups in total. The molecule has 0 bridgehead atoms. The Hall–Kier alpha value is -3.74. The normalized spacial score (nSPS) is 11.1. The second kappa shape index (κ2) is 8.42. The van der Waals surface area contributed by atoms with Crippen molar-refractivity contribution in [3.63, 3.8) is 0 Å². The molecule has 0 saturated heterocycles. The third-order valence-electron chi connectivity index (χ3n) is 5.58. The fourth-order valence-corrected chi connectivity index (χ4v) is 4.20. The van der Waals surface area contributed by atoms with Crippen molar-refractivity contribution in [3.05, 3.63) is 42.1 Å². The zero-order valence-electron chi connectivity index (χ0n) is 19.1. The molecule has 0 fully saturated rings. The Morgan fingerprint density at radius 1 is 0.750 bits per heavy atom. The third kappa shape index (κ3) is 3.39. The molecule has 0 radical (unpaired) electrons. The molecule has 0 saturated carbocycles. The average molecular weight is 436 g/mol. The number of ether oxygens (including phenoxy) is 5. The second-order valence-electron chi connectivity index (χ2n) is 7.33. The quantitative estimate of drug-likeness (QED) is 0.195. The Balaban J connectivity index is 2.24. The maximum Gasteiger partial charge on any atom is 0.382 e. The summed E-state index contributed by atoms with van der Waals surface area (Å²) in [6.45, 7) is 3.46. The minimum absolute atomic E-state index is 0.395. The van der Waals surface area contributed by atoms with Crippen molar-refractivity contribution in [1.82, 2.24) is 0 Å². The Morgan fingerprint density at radius 3 is 1.75 bits per heavy atom. The topological polar surface area (TPSA) is 67.3 Å². The lowest BCUT2D eigenvalue weighted by atomic mass is 10.0. The average Bonchev–Trinajstić information content (AvgIpc) is 2.80. The molecule has 2 heterocycles. The number of nitrogens with zero attached hydrogens (tertiary/aromatic N) is 1. The number of aromatic nitrogens is 1. The van der Waals surface area contributed by atoms with Gasteiger partial charge in [-0.3, -0.25) is 4.79 Å². The highest BCUT2D eigenvalue weighted by atomic mass is 16.5. The van der Waals surface area contributed by atoms with Gasteiger partial charge in [-0.1, -0.05) is 6.92 Å². The summed E-state index contributed by atoms with van der Waals surface area (Å²) in [5.74, 6) is 2.53. The van der Waals surface area contributed by atoms with Gasteiger partial charge < -0.3 is 23.7 Å². The molecule has 4 rings (SSSR count). The fraction of sp³-hybridized carbons (Fsp3) is 0.280. The Morgan fingerprint density at radius 2 is 1.25 bits per heavy atom. The van der Waals surface area contributed by atoms with Gasteiger partial charge in [-0.15, -0.1) is 4.40 Å². The molecular formula is C25H26NO6+. The van der Waals surface area contributed by atoms with E-state index in [1.165, 1.54) is 6.92 Å². The number of methoxy groups -OCH3 is 4. The van der Waals surface area contributed by atoms with Gasteiger partial charge in [0.05, 0.1) is 45.3 Å². The molecule has 32 heavy (non-hydrogen) atoms. The molecule has 0 atom stereocenters. The van der Waals surface area contributed by atoms with Crippen LogP contribution in [0.4, 0.5) is 0 Å². The molecule has 0 aliphatic carbocycles. The molecule has 0 amide bonds. The van der Waals surface area contributed by atoms with E-state index in [4.69, 9.17) is 23.7 Å².